The number of benzene rings is 1. The van der Waals surface area contributed by atoms with Crippen LogP contribution >= 0.6 is 7.92 Å². The maximum Gasteiger partial charge on any atom is -0.0195 e. The molecule has 1 heteroatoms. The van der Waals surface area contributed by atoms with Gasteiger partial charge in [-0.05, 0) is 84.7 Å². The van der Waals surface area contributed by atoms with Crippen molar-refractivity contribution in [1.29, 1.82) is 0 Å². The highest BCUT2D eigenvalue weighted by Crippen LogP contribution is 2.55. The van der Waals surface area contributed by atoms with Crippen LogP contribution in [0.5, 0.6) is 0 Å². The van der Waals surface area contributed by atoms with E-state index in [-0.39, 0.29) is 7.92 Å². The third kappa shape index (κ3) is 5.32. The maximum atomic E-state index is 2.58. The highest BCUT2D eigenvalue weighted by molar-refractivity contribution is 7.67. The lowest BCUT2D eigenvalue weighted by atomic mass is 9.91. The van der Waals surface area contributed by atoms with Crippen molar-refractivity contribution in [3.8, 4) is 0 Å². The van der Waals surface area contributed by atoms with E-state index < -0.39 is 0 Å². The Bertz CT molecular complexity index is 509. The molecule has 1 aliphatic rings. The molecule has 1 aromatic carbocycles. The summed E-state index contributed by atoms with van der Waals surface area (Å²) < 4.78 is 0. The van der Waals surface area contributed by atoms with Gasteiger partial charge in [-0.1, -0.05) is 73.9 Å². The van der Waals surface area contributed by atoms with Crippen molar-refractivity contribution in [1.82, 2.24) is 0 Å². The lowest BCUT2D eigenvalue weighted by Crippen LogP contribution is -2.19. The maximum absolute atomic E-state index is 2.58. The van der Waals surface area contributed by atoms with Crippen LogP contribution in [0.15, 0.2) is 12.1 Å². The van der Waals surface area contributed by atoms with Gasteiger partial charge < -0.3 is 0 Å². The Labute approximate surface area is 158 Å². The van der Waals surface area contributed by atoms with Gasteiger partial charge in [-0.2, -0.15) is 0 Å². The first-order valence-corrected chi connectivity index (χ1v) is 12.5. The van der Waals surface area contributed by atoms with Gasteiger partial charge in [-0.3, -0.25) is 0 Å². The number of aryl methyl sites for hydroxylation is 1. The Morgan fingerprint density at radius 3 is 1.84 bits per heavy atom. The molecule has 2 rings (SSSR count). The highest BCUT2D eigenvalue weighted by Gasteiger charge is 2.33. The molecule has 142 valence electrons. The zero-order valence-corrected chi connectivity index (χ0v) is 18.4. The summed E-state index contributed by atoms with van der Waals surface area (Å²) in [5.41, 5.74) is 7.10. The Kier molecular flexibility index (Phi) is 8.98. The molecule has 2 unspecified atom stereocenters. The lowest BCUT2D eigenvalue weighted by Gasteiger charge is -2.28. The van der Waals surface area contributed by atoms with Gasteiger partial charge in [0, 0.05) is 0 Å². The first-order chi connectivity index (χ1) is 12.1. The van der Waals surface area contributed by atoms with Gasteiger partial charge in [0.2, 0.25) is 0 Å². The third-order valence-electron chi connectivity index (χ3n) is 6.09. The van der Waals surface area contributed by atoms with Crippen molar-refractivity contribution in [2.45, 2.75) is 117 Å². The summed E-state index contributed by atoms with van der Waals surface area (Å²) in [5, 5.41) is 1.80. The summed E-state index contributed by atoms with van der Waals surface area (Å²) >= 11 is 0. The van der Waals surface area contributed by atoms with E-state index in [9.17, 15) is 0 Å². The normalized spacial score (nSPS) is 23.3. The fourth-order valence-electron chi connectivity index (χ4n) is 4.54. The van der Waals surface area contributed by atoms with Crippen LogP contribution in [-0.2, 0) is 19.3 Å². The van der Waals surface area contributed by atoms with Crippen LogP contribution in [0, 0.1) is 0 Å². The minimum absolute atomic E-state index is 0.0435. The topological polar surface area (TPSA) is 0 Å². The molecular weight excluding hydrogens is 319 g/mol. The fourth-order valence-corrected chi connectivity index (χ4v) is 8.02. The summed E-state index contributed by atoms with van der Waals surface area (Å²) in [5.74, 6) is 0. The van der Waals surface area contributed by atoms with Crippen molar-refractivity contribution in [2.24, 2.45) is 0 Å². The van der Waals surface area contributed by atoms with Crippen molar-refractivity contribution < 1.29 is 0 Å². The molecule has 1 fully saturated rings. The molecule has 0 nitrogen and oxygen atoms in total. The first-order valence-electron chi connectivity index (χ1n) is 11.1. The van der Waals surface area contributed by atoms with Gasteiger partial charge in [0.25, 0.3) is 0 Å². The van der Waals surface area contributed by atoms with Gasteiger partial charge in [-0.15, -0.1) is 0 Å². The average molecular weight is 361 g/mol. The number of hydrogen-bond donors (Lipinski definition) is 0. The molecule has 0 saturated carbocycles. The van der Waals surface area contributed by atoms with Crippen molar-refractivity contribution >= 4 is 13.2 Å². The minimum atomic E-state index is 0.0435. The van der Waals surface area contributed by atoms with E-state index >= 15 is 0 Å². The van der Waals surface area contributed by atoms with Crippen molar-refractivity contribution in [2.75, 3.05) is 0 Å². The predicted molar refractivity (Wildman–Crippen MR) is 117 cm³/mol. The highest BCUT2D eigenvalue weighted by atomic mass is 31.1. The number of hydrogen-bond acceptors (Lipinski definition) is 0. The second kappa shape index (κ2) is 10.7. The molecule has 1 heterocycles. The summed E-state index contributed by atoms with van der Waals surface area (Å²) in [4.78, 5) is 0. The standard InChI is InChI=1S/C24H41P/c1-6-9-12-21-17-18-24(25-19(4)15-16-20(25)5)23(14-11-8-3)22(21)13-10-7-2/h17-20H,6-16H2,1-5H3. The Balaban J connectivity index is 2.46. The molecule has 0 N–H and O–H groups in total. The van der Waals surface area contributed by atoms with E-state index in [2.05, 4.69) is 46.8 Å². The zero-order chi connectivity index (χ0) is 18.2. The monoisotopic (exact) mass is 360 g/mol. The molecular formula is C24H41P. The Morgan fingerprint density at radius 2 is 1.28 bits per heavy atom. The van der Waals surface area contributed by atoms with Crippen LogP contribution in [0.25, 0.3) is 0 Å². The van der Waals surface area contributed by atoms with Crippen molar-refractivity contribution in [3.63, 3.8) is 0 Å². The van der Waals surface area contributed by atoms with E-state index in [4.69, 9.17) is 0 Å². The molecule has 25 heavy (non-hydrogen) atoms. The molecule has 2 atom stereocenters. The molecule has 0 bridgehead atoms. The van der Waals surface area contributed by atoms with Gasteiger partial charge in [0.05, 0.1) is 0 Å². The van der Waals surface area contributed by atoms with Gasteiger partial charge in [0.15, 0.2) is 0 Å². The van der Waals surface area contributed by atoms with Gasteiger partial charge in [0.1, 0.15) is 0 Å². The van der Waals surface area contributed by atoms with E-state index in [1.165, 1.54) is 70.6 Å². The zero-order valence-electron chi connectivity index (χ0n) is 17.5. The second-order valence-corrected chi connectivity index (χ2v) is 11.3. The van der Waals surface area contributed by atoms with Crippen molar-refractivity contribution in [3.05, 3.63) is 28.8 Å². The van der Waals surface area contributed by atoms with E-state index in [1.54, 1.807) is 22.0 Å². The van der Waals surface area contributed by atoms with Gasteiger partial charge >= 0.3 is 0 Å². The summed E-state index contributed by atoms with van der Waals surface area (Å²) in [6.45, 7) is 12.1. The largest absolute Gasteiger partial charge is 0.0692 e. The third-order valence-corrected chi connectivity index (χ3v) is 9.49. The predicted octanol–water partition coefficient (Wildman–Crippen LogP) is 7.39. The lowest BCUT2D eigenvalue weighted by molar-refractivity contribution is 0.737. The summed E-state index contributed by atoms with van der Waals surface area (Å²) in [6.07, 6.45) is 14.8. The molecule has 0 amide bonds. The van der Waals surface area contributed by atoms with E-state index in [0.29, 0.717) is 0 Å². The second-order valence-electron chi connectivity index (χ2n) is 8.19. The molecule has 0 aromatic heterocycles. The van der Waals surface area contributed by atoms with E-state index in [0.717, 1.165) is 11.3 Å². The summed E-state index contributed by atoms with van der Waals surface area (Å²) in [7, 11) is 0.0435. The summed E-state index contributed by atoms with van der Waals surface area (Å²) in [6, 6.07) is 5.11. The van der Waals surface area contributed by atoms with Crippen LogP contribution < -0.4 is 5.30 Å². The SMILES string of the molecule is CCCCc1ccc(P2C(C)CCC2C)c(CCCC)c1CCCC. The van der Waals surface area contributed by atoms with Gasteiger partial charge in [-0.25, -0.2) is 0 Å². The molecule has 0 spiro atoms. The molecule has 0 radical (unpaired) electrons. The fraction of sp³-hybridized carbons (Fsp3) is 0.750. The van der Waals surface area contributed by atoms with Crippen LogP contribution in [0.2, 0.25) is 0 Å². The number of unbranched alkanes of at least 4 members (excludes halogenated alkanes) is 3. The molecule has 1 aliphatic heterocycles. The molecule has 0 aliphatic carbocycles. The van der Waals surface area contributed by atoms with Crippen LogP contribution in [0.1, 0.15) is 103 Å². The molecule has 1 saturated heterocycles. The molecule has 1 aromatic rings. The van der Waals surface area contributed by atoms with Crippen LogP contribution in [0.3, 0.4) is 0 Å². The quantitative estimate of drug-likeness (QED) is 0.381. The Hall–Kier alpha value is -0.350. The van der Waals surface area contributed by atoms with Crippen LogP contribution in [-0.4, -0.2) is 11.3 Å². The number of rotatable bonds is 10. The average Bonchev–Trinajstić information content (AvgIpc) is 2.95. The smallest absolute Gasteiger partial charge is 0.0195 e. The van der Waals surface area contributed by atoms with Crippen LogP contribution in [0.4, 0.5) is 0 Å². The minimum Gasteiger partial charge on any atom is -0.0692 e. The van der Waals surface area contributed by atoms with E-state index in [1.807, 2.05) is 0 Å². The first kappa shape index (κ1) is 21.0. The Morgan fingerprint density at radius 1 is 0.760 bits per heavy atom.